The summed E-state index contributed by atoms with van der Waals surface area (Å²) in [6.45, 7) is 5.43. The van der Waals surface area contributed by atoms with Crippen molar-refractivity contribution in [3.8, 4) is 0 Å². The van der Waals surface area contributed by atoms with Gasteiger partial charge in [-0.2, -0.15) is 0 Å². The van der Waals surface area contributed by atoms with Gasteiger partial charge >= 0.3 is 5.97 Å². The number of hydrogen-bond acceptors (Lipinski definition) is 5. The van der Waals surface area contributed by atoms with E-state index in [0.717, 1.165) is 39.5 Å². The lowest BCUT2D eigenvalue weighted by atomic mass is 10.0. The van der Waals surface area contributed by atoms with Crippen molar-refractivity contribution < 1.29 is 22.7 Å². The quantitative estimate of drug-likeness (QED) is 0.434. The van der Waals surface area contributed by atoms with Crippen molar-refractivity contribution in [1.29, 1.82) is 0 Å². The van der Waals surface area contributed by atoms with Crippen molar-refractivity contribution in [3.63, 3.8) is 0 Å². The number of sulfonamides is 1. The van der Waals surface area contributed by atoms with Gasteiger partial charge in [0.15, 0.2) is 6.61 Å². The minimum Gasteiger partial charge on any atom is -0.452 e. The summed E-state index contributed by atoms with van der Waals surface area (Å²) in [5.41, 5.74) is 4.29. The number of aryl methyl sites for hydroxylation is 3. The van der Waals surface area contributed by atoms with Gasteiger partial charge in [-0.1, -0.05) is 55.8 Å². The van der Waals surface area contributed by atoms with Gasteiger partial charge in [0.1, 0.15) is 0 Å². The Hall–Kier alpha value is -3.65. The van der Waals surface area contributed by atoms with E-state index in [0.29, 0.717) is 5.69 Å². The zero-order valence-electron chi connectivity index (χ0n) is 20.4. The Morgan fingerprint density at radius 1 is 0.914 bits per heavy atom. The van der Waals surface area contributed by atoms with Crippen molar-refractivity contribution in [2.45, 2.75) is 38.5 Å². The SMILES string of the molecule is CCc1cccc(CC)c1NC(=O)COC(=O)c1cccc(S(=O)(=O)N(C)c2ccc(C)cc2)c1. The molecule has 0 saturated heterocycles. The summed E-state index contributed by atoms with van der Waals surface area (Å²) in [6.07, 6.45) is 1.50. The lowest BCUT2D eigenvalue weighted by Gasteiger charge is -2.20. The van der Waals surface area contributed by atoms with Gasteiger partial charge in [-0.05, 0) is 61.2 Å². The number of para-hydroxylation sites is 1. The first-order chi connectivity index (χ1) is 16.7. The molecule has 0 aliphatic heterocycles. The molecule has 0 radical (unpaired) electrons. The van der Waals surface area contributed by atoms with E-state index in [9.17, 15) is 18.0 Å². The number of esters is 1. The summed E-state index contributed by atoms with van der Waals surface area (Å²) >= 11 is 0. The maximum absolute atomic E-state index is 13.1. The number of nitrogens with one attached hydrogen (secondary N) is 1. The average Bonchev–Trinajstić information content (AvgIpc) is 2.87. The molecule has 0 bridgehead atoms. The summed E-state index contributed by atoms with van der Waals surface area (Å²) in [5.74, 6) is -1.24. The fourth-order valence-corrected chi connectivity index (χ4v) is 4.87. The molecule has 3 rings (SSSR count). The standard InChI is InChI=1S/C27H30N2O5S/c1-5-20-9-7-10-21(6-2)26(20)28-25(30)18-34-27(31)22-11-8-12-24(17-22)35(32,33)29(4)23-15-13-19(3)14-16-23/h7-17H,5-6,18H2,1-4H3,(H,28,30). The van der Waals surface area contributed by atoms with Crippen LogP contribution in [0.1, 0.15) is 40.9 Å². The Balaban J connectivity index is 1.70. The molecule has 0 aliphatic carbocycles. The van der Waals surface area contributed by atoms with Crippen LogP contribution < -0.4 is 9.62 Å². The van der Waals surface area contributed by atoms with E-state index in [-0.39, 0.29) is 10.5 Å². The summed E-state index contributed by atoms with van der Waals surface area (Å²) in [4.78, 5) is 25.0. The van der Waals surface area contributed by atoms with Crippen LogP contribution in [0.15, 0.2) is 71.6 Å². The molecule has 3 aromatic rings. The largest absolute Gasteiger partial charge is 0.452 e. The van der Waals surface area contributed by atoms with E-state index in [1.165, 1.54) is 31.3 Å². The topological polar surface area (TPSA) is 92.8 Å². The molecule has 35 heavy (non-hydrogen) atoms. The van der Waals surface area contributed by atoms with E-state index >= 15 is 0 Å². The zero-order chi connectivity index (χ0) is 25.6. The highest BCUT2D eigenvalue weighted by molar-refractivity contribution is 7.92. The van der Waals surface area contributed by atoms with Gasteiger partial charge in [0, 0.05) is 12.7 Å². The average molecular weight is 495 g/mol. The van der Waals surface area contributed by atoms with Crippen LogP contribution in [-0.2, 0) is 32.4 Å². The van der Waals surface area contributed by atoms with Crippen molar-refractivity contribution in [3.05, 3.63) is 89.0 Å². The molecule has 0 spiro atoms. The summed E-state index contributed by atoms with van der Waals surface area (Å²) in [5, 5.41) is 2.84. The zero-order valence-corrected chi connectivity index (χ0v) is 21.2. The van der Waals surface area contributed by atoms with E-state index < -0.39 is 28.5 Å². The molecule has 0 heterocycles. The molecule has 8 heteroatoms. The number of carbonyl (C=O) groups excluding carboxylic acids is 2. The first-order valence-corrected chi connectivity index (χ1v) is 12.8. The highest BCUT2D eigenvalue weighted by Gasteiger charge is 2.23. The molecule has 0 unspecified atom stereocenters. The third-order valence-electron chi connectivity index (χ3n) is 5.72. The number of hydrogen-bond donors (Lipinski definition) is 1. The summed E-state index contributed by atoms with van der Waals surface area (Å²) in [7, 11) is -2.45. The van der Waals surface area contributed by atoms with Crippen LogP contribution in [0.4, 0.5) is 11.4 Å². The highest BCUT2D eigenvalue weighted by Crippen LogP contribution is 2.24. The second kappa shape index (κ2) is 11.2. The van der Waals surface area contributed by atoms with Crippen LogP contribution in [0.3, 0.4) is 0 Å². The summed E-state index contributed by atoms with van der Waals surface area (Å²) < 4.78 is 32.5. The Morgan fingerprint density at radius 2 is 1.51 bits per heavy atom. The van der Waals surface area contributed by atoms with Crippen LogP contribution in [0.2, 0.25) is 0 Å². The predicted octanol–water partition coefficient (Wildman–Crippen LogP) is 4.74. The highest BCUT2D eigenvalue weighted by atomic mass is 32.2. The molecule has 1 N–H and O–H groups in total. The van der Waals surface area contributed by atoms with Gasteiger partial charge in [-0.15, -0.1) is 0 Å². The lowest BCUT2D eigenvalue weighted by Crippen LogP contribution is -2.27. The molecule has 1 amide bonds. The van der Waals surface area contributed by atoms with E-state index in [1.807, 2.05) is 51.1 Å². The van der Waals surface area contributed by atoms with Gasteiger partial charge in [-0.25, -0.2) is 13.2 Å². The number of ether oxygens (including phenoxy) is 1. The van der Waals surface area contributed by atoms with Gasteiger partial charge in [0.25, 0.3) is 15.9 Å². The molecule has 0 aromatic heterocycles. The molecule has 0 aliphatic rings. The molecule has 0 fully saturated rings. The Kier molecular flexibility index (Phi) is 8.30. The maximum Gasteiger partial charge on any atom is 0.338 e. The lowest BCUT2D eigenvalue weighted by molar-refractivity contribution is -0.119. The van der Waals surface area contributed by atoms with Crippen LogP contribution >= 0.6 is 0 Å². The molecule has 184 valence electrons. The van der Waals surface area contributed by atoms with Gasteiger partial charge in [-0.3, -0.25) is 9.10 Å². The van der Waals surface area contributed by atoms with Crippen LogP contribution in [-0.4, -0.2) is 33.9 Å². The maximum atomic E-state index is 13.1. The fourth-order valence-electron chi connectivity index (χ4n) is 3.63. The van der Waals surface area contributed by atoms with Gasteiger partial charge in [0.05, 0.1) is 16.1 Å². The first kappa shape index (κ1) is 26.0. The van der Waals surface area contributed by atoms with Crippen molar-refractivity contribution >= 4 is 33.3 Å². The van der Waals surface area contributed by atoms with E-state index in [2.05, 4.69) is 5.32 Å². The number of rotatable bonds is 9. The molecular weight excluding hydrogens is 464 g/mol. The molecule has 0 saturated carbocycles. The number of carbonyl (C=O) groups is 2. The number of benzene rings is 3. The normalized spacial score (nSPS) is 11.1. The third kappa shape index (κ3) is 6.08. The number of amides is 1. The fraction of sp³-hybridized carbons (Fsp3) is 0.259. The van der Waals surface area contributed by atoms with Crippen molar-refractivity contribution in [1.82, 2.24) is 0 Å². The second-order valence-corrected chi connectivity index (χ2v) is 10.1. The van der Waals surface area contributed by atoms with Crippen molar-refractivity contribution in [2.75, 3.05) is 23.3 Å². The van der Waals surface area contributed by atoms with E-state index in [4.69, 9.17) is 4.74 Å². The Morgan fingerprint density at radius 3 is 2.11 bits per heavy atom. The molecule has 7 nitrogen and oxygen atoms in total. The van der Waals surface area contributed by atoms with Gasteiger partial charge < -0.3 is 10.1 Å². The smallest absolute Gasteiger partial charge is 0.338 e. The minimum absolute atomic E-state index is 0.0411. The molecule has 0 atom stereocenters. The van der Waals surface area contributed by atoms with Crippen LogP contribution in [0, 0.1) is 6.92 Å². The Bertz CT molecular complexity index is 1300. The first-order valence-electron chi connectivity index (χ1n) is 11.4. The number of nitrogens with zero attached hydrogens (tertiary/aromatic N) is 1. The van der Waals surface area contributed by atoms with Gasteiger partial charge in [0.2, 0.25) is 0 Å². The predicted molar refractivity (Wildman–Crippen MR) is 137 cm³/mol. The van der Waals surface area contributed by atoms with Crippen LogP contribution in [0.25, 0.3) is 0 Å². The summed E-state index contributed by atoms with van der Waals surface area (Å²) in [6, 6.07) is 18.5. The molecular formula is C27H30N2O5S. The van der Waals surface area contributed by atoms with Crippen molar-refractivity contribution in [2.24, 2.45) is 0 Å². The minimum atomic E-state index is -3.90. The van der Waals surface area contributed by atoms with E-state index in [1.54, 1.807) is 12.1 Å². The number of anilines is 2. The third-order valence-corrected chi connectivity index (χ3v) is 7.50. The molecule has 3 aromatic carbocycles. The second-order valence-electron chi connectivity index (χ2n) is 8.12. The van der Waals surface area contributed by atoms with Crippen LogP contribution in [0.5, 0.6) is 0 Å². The monoisotopic (exact) mass is 494 g/mol. The Labute approximate surface area is 206 Å².